The van der Waals surface area contributed by atoms with Crippen LogP contribution in [0.3, 0.4) is 0 Å². The predicted molar refractivity (Wildman–Crippen MR) is 68.3 cm³/mol. The minimum atomic E-state index is 0.756. The highest BCUT2D eigenvalue weighted by molar-refractivity contribution is 4.91. The summed E-state index contributed by atoms with van der Waals surface area (Å²) in [6.07, 6.45) is 14.3. The minimum Gasteiger partial charge on any atom is -0.312 e. The molecule has 0 aromatic carbocycles. The van der Waals surface area contributed by atoms with Crippen LogP contribution in [0.5, 0.6) is 0 Å². The van der Waals surface area contributed by atoms with Gasteiger partial charge in [0, 0.05) is 18.5 Å². The number of nitrogens with zero attached hydrogens (tertiary/aromatic N) is 1. The maximum absolute atomic E-state index is 5.32. The van der Waals surface area contributed by atoms with Crippen LogP contribution in [-0.4, -0.2) is 36.6 Å². The summed E-state index contributed by atoms with van der Waals surface area (Å²) in [7, 11) is 0. The lowest BCUT2D eigenvalue weighted by atomic mass is 9.94. The van der Waals surface area contributed by atoms with Crippen LogP contribution in [0.4, 0.5) is 0 Å². The summed E-state index contributed by atoms with van der Waals surface area (Å²) >= 11 is 0. The molecule has 0 amide bonds. The molecular weight excluding hydrogens is 196 g/mol. The van der Waals surface area contributed by atoms with Gasteiger partial charge in [0.15, 0.2) is 0 Å². The van der Waals surface area contributed by atoms with Crippen LogP contribution in [0.15, 0.2) is 0 Å². The highest BCUT2D eigenvalue weighted by atomic mass is 15.2. The van der Waals surface area contributed by atoms with E-state index >= 15 is 0 Å². The van der Waals surface area contributed by atoms with E-state index in [1.54, 1.807) is 0 Å². The molecule has 0 spiro atoms. The number of hydrogen-bond donors (Lipinski definition) is 1. The summed E-state index contributed by atoms with van der Waals surface area (Å²) in [4.78, 5) is 2.68. The Morgan fingerprint density at radius 2 is 2.19 bits per heavy atom. The smallest absolute Gasteiger partial charge is 0.0249 e. The van der Waals surface area contributed by atoms with Gasteiger partial charge in [-0.05, 0) is 51.7 Å². The summed E-state index contributed by atoms with van der Waals surface area (Å²) in [5.41, 5.74) is 0. The van der Waals surface area contributed by atoms with Gasteiger partial charge in [0.25, 0.3) is 0 Å². The average Bonchev–Trinajstić information content (AvgIpc) is 2.83. The van der Waals surface area contributed by atoms with Crippen LogP contribution in [0, 0.1) is 12.3 Å². The van der Waals surface area contributed by atoms with Crippen molar-refractivity contribution in [3.8, 4) is 12.3 Å². The molecule has 0 aromatic heterocycles. The van der Waals surface area contributed by atoms with Gasteiger partial charge in [-0.1, -0.05) is 6.42 Å². The topological polar surface area (TPSA) is 15.3 Å². The Bertz CT molecular complexity index is 238. The third kappa shape index (κ3) is 2.99. The van der Waals surface area contributed by atoms with E-state index in [0.717, 1.165) is 18.5 Å². The monoisotopic (exact) mass is 220 g/mol. The van der Waals surface area contributed by atoms with Crippen molar-refractivity contribution in [2.75, 3.05) is 19.6 Å². The summed E-state index contributed by atoms with van der Waals surface area (Å²) in [5.74, 6) is 2.75. The zero-order chi connectivity index (χ0) is 11.2. The fourth-order valence-electron chi connectivity index (χ4n) is 3.17. The van der Waals surface area contributed by atoms with Gasteiger partial charge in [-0.3, -0.25) is 4.90 Å². The second-order valence-corrected chi connectivity index (χ2v) is 5.11. The zero-order valence-corrected chi connectivity index (χ0v) is 10.3. The summed E-state index contributed by atoms with van der Waals surface area (Å²) in [6.45, 7) is 3.71. The third-order valence-electron chi connectivity index (χ3n) is 3.99. The van der Waals surface area contributed by atoms with Crippen molar-refractivity contribution in [3.63, 3.8) is 0 Å². The van der Waals surface area contributed by atoms with E-state index in [2.05, 4.69) is 16.1 Å². The largest absolute Gasteiger partial charge is 0.312 e. The van der Waals surface area contributed by atoms with E-state index in [4.69, 9.17) is 6.42 Å². The second kappa shape index (κ2) is 6.27. The van der Waals surface area contributed by atoms with Crippen molar-refractivity contribution in [2.45, 2.75) is 57.0 Å². The van der Waals surface area contributed by atoms with Crippen LogP contribution in [0.1, 0.15) is 44.9 Å². The maximum atomic E-state index is 5.32. The number of nitrogens with one attached hydrogen (secondary N) is 1. The standard InChI is InChI=1S/C14H24N2/c1-2-3-5-11-16-12-6-4-9-14(16)13-8-7-10-15-13/h1,13-15H,3-12H2. The van der Waals surface area contributed by atoms with Crippen LogP contribution in [0.2, 0.25) is 0 Å². The molecule has 0 aromatic rings. The molecule has 1 N–H and O–H groups in total. The van der Waals surface area contributed by atoms with Gasteiger partial charge in [-0.25, -0.2) is 0 Å². The number of rotatable bonds is 4. The molecule has 2 heterocycles. The SMILES string of the molecule is C#CCCCN1CCCCC1C1CCCN1. The number of likely N-dealkylation sites (tertiary alicyclic amines) is 1. The van der Waals surface area contributed by atoms with Gasteiger partial charge in [0.1, 0.15) is 0 Å². The van der Waals surface area contributed by atoms with E-state index < -0.39 is 0 Å². The fraction of sp³-hybridized carbons (Fsp3) is 0.857. The van der Waals surface area contributed by atoms with Crippen LogP contribution in [0.25, 0.3) is 0 Å². The molecule has 90 valence electrons. The van der Waals surface area contributed by atoms with Crippen molar-refractivity contribution >= 4 is 0 Å². The molecule has 2 nitrogen and oxygen atoms in total. The molecule has 2 fully saturated rings. The van der Waals surface area contributed by atoms with Crippen LogP contribution in [-0.2, 0) is 0 Å². The van der Waals surface area contributed by atoms with Crippen molar-refractivity contribution in [2.24, 2.45) is 0 Å². The fourth-order valence-corrected chi connectivity index (χ4v) is 3.17. The molecular formula is C14H24N2. The summed E-state index contributed by atoms with van der Waals surface area (Å²) in [5, 5.41) is 3.66. The van der Waals surface area contributed by atoms with Gasteiger partial charge in [0.2, 0.25) is 0 Å². The van der Waals surface area contributed by atoms with E-state index in [-0.39, 0.29) is 0 Å². The van der Waals surface area contributed by atoms with Crippen LogP contribution >= 0.6 is 0 Å². The number of hydrogen-bond acceptors (Lipinski definition) is 2. The van der Waals surface area contributed by atoms with Gasteiger partial charge < -0.3 is 5.32 Å². The van der Waals surface area contributed by atoms with E-state index in [1.165, 1.54) is 58.2 Å². The molecule has 2 heteroatoms. The second-order valence-electron chi connectivity index (χ2n) is 5.11. The number of terminal acetylenes is 1. The first-order chi connectivity index (χ1) is 7.92. The molecule has 2 atom stereocenters. The van der Waals surface area contributed by atoms with Crippen molar-refractivity contribution in [1.29, 1.82) is 0 Å². The van der Waals surface area contributed by atoms with Gasteiger partial charge in [-0.2, -0.15) is 0 Å². The first-order valence-electron chi connectivity index (χ1n) is 6.82. The Morgan fingerprint density at radius 3 is 2.94 bits per heavy atom. The molecule has 0 saturated carbocycles. The van der Waals surface area contributed by atoms with Crippen molar-refractivity contribution < 1.29 is 0 Å². The Labute approximate surface area is 99.8 Å². The van der Waals surface area contributed by atoms with E-state index in [1.807, 2.05) is 0 Å². The first kappa shape index (κ1) is 12.0. The normalized spacial score (nSPS) is 31.4. The van der Waals surface area contributed by atoms with Gasteiger partial charge in [-0.15, -0.1) is 12.3 Å². The number of unbranched alkanes of at least 4 members (excludes halogenated alkanes) is 1. The predicted octanol–water partition coefficient (Wildman–Crippen LogP) is 2.01. The minimum absolute atomic E-state index is 0.756. The molecule has 2 rings (SSSR count). The summed E-state index contributed by atoms with van der Waals surface area (Å²) in [6, 6.07) is 1.54. The highest BCUT2D eigenvalue weighted by Gasteiger charge is 2.30. The molecule has 0 aliphatic carbocycles. The van der Waals surface area contributed by atoms with Crippen molar-refractivity contribution in [3.05, 3.63) is 0 Å². The molecule has 2 aliphatic heterocycles. The summed E-state index contributed by atoms with van der Waals surface area (Å²) < 4.78 is 0. The number of piperidine rings is 1. The Hall–Kier alpha value is -0.520. The average molecular weight is 220 g/mol. The molecule has 0 radical (unpaired) electrons. The lowest BCUT2D eigenvalue weighted by Gasteiger charge is -2.39. The van der Waals surface area contributed by atoms with Gasteiger partial charge in [0.05, 0.1) is 0 Å². The molecule has 2 unspecified atom stereocenters. The Kier molecular flexibility index (Phi) is 4.69. The third-order valence-corrected chi connectivity index (χ3v) is 3.99. The zero-order valence-electron chi connectivity index (χ0n) is 10.3. The lowest BCUT2D eigenvalue weighted by Crippen LogP contribution is -2.50. The molecule has 16 heavy (non-hydrogen) atoms. The molecule has 2 aliphatic rings. The van der Waals surface area contributed by atoms with Crippen molar-refractivity contribution in [1.82, 2.24) is 10.2 Å². The first-order valence-corrected chi connectivity index (χ1v) is 6.82. The van der Waals surface area contributed by atoms with E-state index in [0.29, 0.717) is 0 Å². The molecule has 2 saturated heterocycles. The maximum Gasteiger partial charge on any atom is 0.0249 e. The lowest BCUT2D eigenvalue weighted by molar-refractivity contribution is 0.119. The van der Waals surface area contributed by atoms with Gasteiger partial charge >= 0.3 is 0 Å². The Morgan fingerprint density at radius 1 is 1.25 bits per heavy atom. The Balaban J connectivity index is 1.83. The van der Waals surface area contributed by atoms with E-state index in [9.17, 15) is 0 Å². The highest BCUT2D eigenvalue weighted by Crippen LogP contribution is 2.24. The van der Waals surface area contributed by atoms with Crippen LogP contribution < -0.4 is 5.32 Å². The quantitative estimate of drug-likeness (QED) is 0.576. The molecule has 0 bridgehead atoms.